The summed E-state index contributed by atoms with van der Waals surface area (Å²) in [5.41, 5.74) is 1.47. The van der Waals surface area contributed by atoms with Crippen LogP contribution in [0.5, 0.6) is 0 Å². The molecule has 1 aliphatic carbocycles. The molecule has 1 aliphatic heterocycles. The highest BCUT2D eigenvalue weighted by molar-refractivity contribution is 5.89. The van der Waals surface area contributed by atoms with Crippen LogP contribution >= 0.6 is 0 Å². The Morgan fingerprint density at radius 3 is 2.71 bits per heavy atom. The number of aliphatic imine (C=N–C) groups is 1. The maximum Gasteiger partial charge on any atom is 0.100 e. The van der Waals surface area contributed by atoms with E-state index in [2.05, 4.69) is 40.6 Å². The van der Waals surface area contributed by atoms with Crippen molar-refractivity contribution < 1.29 is 0 Å². The van der Waals surface area contributed by atoms with Crippen LogP contribution in [-0.4, -0.2) is 18.9 Å². The van der Waals surface area contributed by atoms with Gasteiger partial charge in [-0.3, -0.25) is 4.99 Å². The van der Waals surface area contributed by atoms with Gasteiger partial charge in [0.25, 0.3) is 0 Å². The van der Waals surface area contributed by atoms with Crippen LogP contribution in [0.15, 0.2) is 35.3 Å². The van der Waals surface area contributed by atoms with Gasteiger partial charge >= 0.3 is 0 Å². The first-order chi connectivity index (χ1) is 6.95. The molecule has 1 aromatic rings. The van der Waals surface area contributed by atoms with Gasteiger partial charge in [-0.1, -0.05) is 30.3 Å². The summed E-state index contributed by atoms with van der Waals surface area (Å²) in [5, 5.41) is 3.37. The highest BCUT2D eigenvalue weighted by atomic mass is 15.1. The van der Waals surface area contributed by atoms with Gasteiger partial charge in [-0.25, -0.2) is 0 Å². The fraction of sp³-hybridized carbons (Fsp3) is 0.417. The second kappa shape index (κ2) is 3.12. The number of amidine groups is 1. The third-order valence-electron chi connectivity index (χ3n) is 3.07. The van der Waals surface area contributed by atoms with Crippen LogP contribution in [0.3, 0.4) is 0 Å². The predicted octanol–water partition coefficient (Wildman–Crippen LogP) is 1.79. The van der Waals surface area contributed by atoms with Crippen LogP contribution in [0.25, 0.3) is 0 Å². The van der Waals surface area contributed by atoms with Crippen molar-refractivity contribution in [3.05, 3.63) is 35.9 Å². The third kappa shape index (κ3) is 1.31. The van der Waals surface area contributed by atoms with E-state index < -0.39 is 0 Å². The number of rotatable bonds is 2. The normalized spacial score (nSPS) is 29.6. The Morgan fingerprint density at radius 2 is 2.00 bits per heavy atom. The monoisotopic (exact) mass is 186 g/mol. The quantitative estimate of drug-likeness (QED) is 0.748. The number of benzene rings is 1. The Kier molecular flexibility index (Phi) is 1.79. The van der Waals surface area contributed by atoms with Gasteiger partial charge in [0.1, 0.15) is 5.84 Å². The summed E-state index contributed by atoms with van der Waals surface area (Å²) in [6.07, 6.45) is 1.27. The summed E-state index contributed by atoms with van der Waals surface area (Å²) >= 11 is 0. The van der Waals surface area contributed by atoms with Crippen LogP contribution < -0.4 is 5.32 Å². The molecule has 0 spiro atoms. The summed E-state index contributed by atoms with van der Waals surface area (Å²) in [6, 6.07) is 10.8. The van der Waals surface area contributed by atoms with Gasteiger partial charge in [0, 0.05) is 12.5 Å². The van der Waals surface area contributed by atoms with Crippen LogP contribution in [0, 0.1) is 5.92 Å². The van der Waals surface area contributed by atoms with Crippen molar-refractivity contribution >= 4 is 5.84 Å². The Balaban J connectivity index is 1.74. The minimum Gasteiger partial charge on any atom is -0.372 e. The maximum atomic E-state index is 4.48. The van der Waals surface area contributed by atoms with Crippen molar-refractivity contribution in [2.24, 2.45) is 10.9 Å². The summed E-state index contributed by atoms with van der Waals surface area (Å²) < 4.78 is 0. The first-order valence-corrected chi connectivity index (χ1v) is 5.28. The predicted molar refractivity (Wildman–Crippen MR) is 57.6 cm³/mol. The molecule has 1 N–H and O–H groups in total. The van der Waals surface area contributed by atoms with Gasteiger partial charge < -0.3 is 5.32 Å². The molecule has 0 radical (unpaired) electrons. The van der Waals surface area contributed by atoms with E-state index in [9.17, 15) is 0 Å². The molecular weight excluding hydrogens is 172 g/mol. The topological polar surface area (TPSA) is 24.4 Å². The number of hydrogen-bond donors (Lipinski definition) is 1. The van der Waals surface area contributed by atoms with E-state index in [1.165, 1.54) is 17.8 Å². The van der Waals surface area contributed by atoms with E-state index in [0.717, 1.165) is 19.0 Å². The van der Waals surface area contributed by atoms with Gasteiger partial charge in [-0.05, 0) is 17.9 Å². The zero-order chi connectivity index (χ0) is 9.38. The lowest BCUT2D eigenvalue weighted by Gasteiger charge is -2.01. The molecule has 2 aliphatic rings. The van der Waals surface area contributed by atoms with Crippen LogP contribution in [0.2, 0.25) is 0 Å². The average Bonchev–Trinajstić information content (AvgIpc) is 2.87. The lowest BCUT2D eigenvalue weighted by Crippen LogP contribution is -2.20. The van der Waals surface area contributed by atoms with Crippen molar-refractivity contribution in [3.8, 4) is 0 Å². The Morgan fingerprint density at radius 1 is 1.14 bits per heavy atom. The van der Waals surface area contributed by atoms with Crippen molar-refractivity contribution in [1.82, 2.24) is 5.32 Å². The van der Waals surface area contributed by atoms with Gasteiger partial charge in [0.15, 0.2) is 0 Å². The second-order valence-corrected chi connectivity index (χ2v) is 4.05. The molecular formula is C12H14N2. The molecule has 2 heteroatoms. The molecule has 0 bridgehead atoms. The highest BCUT2D eigenvalue weighted by Crippen LogP contribution is 2.48. The zero-order valence-corrected chi connectivity index (χ0v) is 8.11. The fourth-order valence-electron chi connectivity index (χ4n) is 2.23. The summed E-state index contributed by atoms with van der Waals surface area (Å²) in [6.45, 7) is 2.00. The molecule has 2 nitrogen and oxygen atoms in total. The molecule has 72 valence electrons. The van der Waals surface area contributed by atoms with Crippen molar-refractivity contribution in [1.29, 1.82) is 0 Å². The lowest BCUT2D eigenvalue weighted by atomic mass is 10.1. The van der Waals surface area contributed by atoms with Crippen molar-refractivity contribution in [2.45, 2.75) is 12.3 Å². The molecule has 1 saturated carbocycles. The van der Waals surface area contributed by atoms with E-state index in [-0.39, 0.29) is 0 Å². The smallest absolute Gasteiger partial charge is 0.100 e. The Labute approximate surface area is 84.1 Å². The summed E-state index contributed by atoms with van der Waals surface area (Å²) in [5.74, 6) is 2.65. The number of hydrogen-bond acceptors (Lipinski definition) is 2. The summed E-state index contributed by atoms with van der Waals surface area (Å²) in [4.78, 5) is 4.48. The van der Waals surface area contributed by atoms with Gasteiger partial charge in [-0.2, -0.15) is 0 Å². The molecule has 1 fully saturated rings. The van der Waals surface area contributed by atoms with E-state index in [4.69, 9.17) is 0 Å². The van der Waals surface area contributed by atoms with Gasteiger partial charge in [-0.15, -0.1) is 0 Å². The van der Waals surface area contributed by atoms with E-state index >= 15 is 0 Å². The molecule has 1 unspecified atom stereocenters. The van der Waals surface area contributed by atoms with E-state index in [1.807, 2.05) is 0 Å². The molecule has 0 amide bonds. The number of nitrogens with one attached hydrogen (secondary N) is 1. The summed E-state index contributed by atoms with van der Waals surface area (Å²) in [7, 11) is 0. The largest absolute Gasteiger partial charge is 0.372 e. The zero-order valence-electron chi connectivity index (χ0n) is 8.11. The Hall–Kier alpha value is -1.31. The maximum absolute atomic E-state index is 4.48. The third-order valence-corrected chi connectivity index (χ3v) is 3.07. The van der Waals surface area contributed by atoms with Crippen LogP contribution in [0.4, 0.5) is 0 Å². The van der Waals surface area contributed by atoms with Crippen molar-refractivity contribution in [3.63, 3.8) is 0 Å². The first kappa shape index (κ1) is 8.04. The van der Waals surface area contributed by atoms with Gasteiger partial charge in [0.05, 0.1) is 6.54 Å². The molecule has 1 heterocycles. The highest BCUT2D eigenvalue weighted by Gasteiger charge is 2.42. The first-order valence-electron chi connectivity index (χ1n) is 5.28. The van der Waals surface area contributed by atoms with Crippen LogP contribution in [-0.2, 0) is 0 Å². The molecule has 3 rings (SSSR count). The average molecular weight is 186 g/mol. The SMILES string of the molecule is c1ccc(C2C[C@@H]2C2=NCCN2)cc1. The lowest BCUT2D eigenvalue weighted by molar-refractivity contribution is 0.933. The van der Waals surface area contributed by atoms with Crippen LogP contribution in [0.1, 0.15) is 17.9 Å². The van der Waals surface area contributed by atoms with Crippen molar-refractivity contribution in [2.75, 3.05) is 13.1 Å². The molecule has 0 aromatic heterocycles. The standard InChI is InChI=1S/C12H14N2/c1-2-4-9(5-3-1)10-8-11(10)12-13-6-7-14-12/h1-5,10-11H,6-8H2,(H,13,14)/t10?,11-/m0/s1. The minimum absolute atomic E-state index is 0.680. The second-order valence-electron chi connectivity index (χ2n) is 4.05. The van der Waals surface area contributed by atoms with E-state index in [0.29, 0.717) is 5.92 Å². The Bertz CT molecular complexity index is 356. The van der Waals surface area contributed by atoms with Gasteiger partial charge in [0.2, 0.25) is 0 Å². The molecule has 14 heavy (non-hydrogen) atoms. The van der Waals surface area contributed by atoms with E-state index in [1.54, 1.807) is 0 Å². The minimum atomic E-state index is 0.680. The molecule has 0 saturated heterocycles. The fourth-order valence-corrected chi connectivity index (χ4v) is 2.23. The number of nitrogens with zero attached hydrogens (tertiary/aromatic N) is 1. The molecule has 1 aromatic carbocycles. The molecule has 2 atom stereocenters.